The third-order valence-electron chi connectivity index (χ3n) is 3.34. The fourth-order valence-electron chi connectivity index (χ4n) is 2.35. The molecule has 2 unspecified atom stereocenters. The highest BCUT2D eigenvalue weighted by molar-refractivity contribution is 7.89. The van der Waals surface area contributed by atoms with Gasteiger partial charge in [0.25, 0.3) is 0 Å². The summed E-state index contributed by atoms with van der Waals surface area (Å²) in [6.45, 7) is 2.09. The van der Waals surface area contributed by atoms with Gasteiger partial charge in [-0.1, -0.05) is 11.6 Å². The minimum Gasteiger partial charge on any atom is -0.328 e. The van der Waals surface area contributed by atoms with Crippen molar-refractivity contribution in [2.75, 3.05) is 6.54 Å². The molecular weight excluding hydrogens is 291 g/mol. The highest BCUT2D eigenvalue weighted by atomic mass is 35.5. The predicted octanol–water partition coefficient (Wildman–Crippen LogP) is 1.98. The van der Waals surface area contributed by atoms with Gasteiger partial charge in [0.2, 0.25) is 10.0 Å². The SMILES string of the molecule is CC1CC(N)CCN1S(=O)(=O)c1ccc(Cl)cc1F. The van der Waals surface area contributed by atoms with Crippen LogP contribution < -0.4 is 5.73 Å². The summed E-state index contributed by atoms with van der Waals surface area (Å²) in [5.74, 6) is -0.824. The summed E-state index contributed by atoms with van der Waals surface area (Å²) < 4.78 is 40.0. The number of piperidine rings is 1. The van der Waals surface area contributed by atoms with Crippen LogP contribution in [0.3, 0.4) is 0 Å². The lowest BCUT2D eigenvalue weighted by Crippen LogP contribution is -2.48. The average Bonchev–Trinajstić information content (AvgIpc) is 2.27. The molecule has 2 rings (SSSR count). The molecule has 1 fully saturated rings. The molecule has 1 aromatic carbocycles. The first-order chi connectivity index (χ1) is 8.82. The van der Waals surface area contributed by atoms with Crippen molar-refractivity contribution in [2.45, 2.75) is 36.7 Å². The van der Waals surface area contributed by atoms with E-state index in [0.29, 0.717) is 19.4 Å². The second-order valence-corrected chi connectivity index (χ2v) is 7.12. The van der Waals surface area contributed by atoms with E-state index in [1.54, 1.807) is 6.92 Å². The van der Waals surface area contributed by atoms with Crippen LogP contribution in [0.25, 0.3) is 0 Å². The van der Waals surface area contributed by atoms with Gasteiger partial charge in [0.15, 0.2) is 0 Å². The van der Waals surface area contributed by atoms with E-state index in [1.807, 2.05) is 0 Å². The molecule has 0 aromatic heterocycles. The Morgan fingerprint density at radius 1 is 1.47 bits per heavy atom. The molecule has 19 heavy (non-hydrogen) atoms. The molecule has 0 bridgehead atoms. The number of rotatable bonds is 2. The van der Waals surface area contributed by atoms with Crippen LogP contribution in [-0.4, -0.2) is 31.4 Å². The number of halogens is 2. The maximum absolute atomic E-state index is 13.8. The van der Waals surface area contributed by atoms with Gasteiger partial charge in [0.05, 0.1) is 0 Å². The molecule has 2 N–H and O–H groups in total. The number of hydrogen-bond acceptors (Lipinski definition) is 3. The standard InChI is InChI=1S/C12H16ClFN2O2S/c1-8-6-10(15)4-5-16(8)19(17,18)12-3-2-9(13)7-11(12)14/h2-3,7-8,10H,4-6,15H2,1H3. The van der Waals surface area contributed by atoms with Crippen molar-refractivity contribution in [1.29, 1.82) is 0 Å². The Bertz CT molecular complexity index is 579. The van der Waals surface area contributed by atoms with Crippen LogP contribution in [-0.2, 0) is 10.0 Å². The van der Waals surface area contributed by atoms with Gasteiger partial charge in [-0.05, 0) is 38.0 Å². The summed E-state index contributed by atoms with van der Waals surface area (Å²) in [5, 5.41) is 0.171. The van der Waals surface area contributed by atoms with Crippen LogP contribution >= 0.6 is 11.6 Å². The molecule has 1 aliphatic rings. The Hall–Kier alpha value is -0.690. The molecule has 0 spiro atoms. The largest absolute Gasteiger partial charge is 0.328 e. The predicted molar refractivity (Wildman–Crippen MR) is 72.0 cm³/mol. The van der Waals surface area contributed by atoms with E-state index in [4.69, 9.17) is 17.3 Å². The smallest absolute Gasteiger partial charge is 0.246 e. The lowest BCUT2D eigenvalue weighted by atomic mass is 10.0. The molecule has 0 saturated carbocycles. The molecule has 2 atom stereocenters. The number of benzene rings is 1. The van der Waals surface area contributed by atoms with Gasteiger partial charge in [-0.3, -0.25) is 0 Å². The van der Waals surface area contributed by atoms with Gasteiger partial charge >= 0.3 is 0 Å². The van der Waals surface area contributed by atoms with Crippen LogP contribution in [0.2, 0.25) is 5.02 Å². The number of nitrogens with two attached hydrogens (primary N) is 1. The third kappa shape index (κ3) is 2.91. The Labute approximate surface area is 117 Å². The minimum atomic E-state index is -3.84. The van der Waals surface area contributed by atoms with Crippen molar-refractivity contribution < 1.29 is 12.8 Å². The number of sulfonamides is 1. The van der Waals surface area contributed by atoms with Crippen LogP contribution in [0.5, 0.6) is 0 Å². The fraction of sp³-hybridized carbons (Fsp3) is 0.500. The Morgan fingerprint density at radius 3 is 2.74 bits per heavy atom. The first kappa shape index (κ1) is 14.7. The van der Waals surface area contributed by atoms with Crippen molar-refractivity contribution in [1.82, 2.24) is 4.31 Å². The van der Waals surface area contributed by atoms with E-state index < -0.39 is 15.8 Å². The van der Waals surface area contributed by atoms with Crippen molar-refractivity contribution in [3.63, 3.8) is 0 Å². The summed E-state index contributed by atoms with van der Waals surface area (Å²) in [6.07, 6.45) is 1.16. The molecule has 1 saturated heterocycles. The molecule has 1 heterocycles. The molecule has 1 aliphatic heterocycles. The molecule has 0 aliphatic carbocycles. The van der Waals surface area contributed by atoms with Crippen molar-refractivity contribution >= 4 is 21.6 Å². The van der Waals surface area contributed by atoms with Gasteiger partial charge in [-0.2, -0.15) is 4.31 Å². The normalized spacial score (nSPS) is 25.5. The fourth-order valence-corrected chi connectivity index (χ4v) is 4.22. The summed E-state index contributed by atoms with van der Waals surface area (Å²) in [7, 11) is -3.84. The summed E-state index contributed by atoms with van der Waals surface area (Å²) in [5.41, 5.74) is 5.81. The topological polar surface area (TPSA) is 63.4 Å². The van der Waals surface area contributed by atoms with Crippen molar-refractivity contribution in [3.8, 4) is 0 Å². The molecule has 4 nitrogen and oxygen atoms in total. The van der Waals surface area contributed by atoms with Crippen molar-refractivity contribution in [2.24, 2.45) is 5.73 Å². The second-order valence-electron chi connectivity index (χ2n) is 4.82. The van der Waals surface area contributed by atoms with Crippen LogP contribution in [0.4, 0.5) is 4.39 Å². The molecular formula is C12H16ClFN2O2S. The maximum Gasteiger partial charge on any atom is 0.246 e. The molecule has 1 aromatic rings. The third-order valence-corrected chi connectivity index (χ3v) is 5.62. The summed E-state index contributed by atoms with van der Waals surface area (Å²) in [4.78, 5) is -0.334. The summed E-state index contributed by atoms with van der Waals surface area (Å²) in [6, 6.07) is 3.35. The average molecular weight is 307 g/mol. The Balaban J connectivity index is 2.37. The van der Waals surface area contributed by atoms with Crippen LogP contribution in [0.15, 0.2) is 23.1 Å². The van der Waals surface area contributed by atoms with E-state index in [1.165, 1.54) is 16.4 Å². The zero-order valence-electron chi connectivity index (χ0n) is 10.5. The minimum absolute atomic E-state index is 0.00323. The first-order valence-corrected chi connectivity index (χ1v) is 7.86. The summed E-state index contributed by atoms with van der Waals surface area (Å²) >= 11 is 5.64. The monoisotopic (exact) mass is 306 g/mol. The lowest BCUT2D eigenvalue weighted by molar-refractivity contribution is 0.246. The van der Waals surface area contributed by atoms with Gasteiger partial charge in [0.1, 0.15) is 10.7 Å². The first-order valence-electron chi connectivity index (χ1n) is 6.05. The number of nitrogens with zero attached hydrogens (tertiary/aromatic N) is 1. The van der Waals surface area contributed by atoms with Gasteiger partial charge < -0.3 is 5.73 Å². The van der Waals surface area contributed by atoms with Crippen LogP contribution in [0.1, 0.15) is 19.8 Å². The van der Waals surface area contributed by atoms with Gasteiger partial charge in [-0.15, -0.1) is 0 Å². The van der Waals surface area contributed by atoms with E-state index in [-0.39, 0.29) is 22.0 Å². The highest BCUT2D eigenvalue weighted by Gasteiger charge is 2.34. The molecule has 7 heteroatoms. The van der Waals surface area contributed by atoms with Crippen LogP contribution in [0, 0.1) is 5.82 Å². The van der Waals surface area contributed by atoms with Gasteiger partial charge in [-0.25, -0.2) is 12.8 Å². The van der Waals surface area contributed by atoms with E-state index in [0.717, 1.165) is 6.07 Å². The Morgan fingerprint density at radius 2 is 2.16 bits per heavy atom. The number of hydrogen-bond donors (Lipinski definition) is 1. The molecule has 0 amide bonds. The lowest BCUT2D eigenvalue weighted by Gasteiger charge is -2.35. The van der Waals surface area contributed by atoms with Crippen molar-refractivity contribution in [3.05, 3.63) is 29.0 Å². The van der Waals surface area contributed by atoms with E-state index in [9.17, 15) is 12.8 Å². The Kier molecular flexibility index (Phi) is 4.15. The zero-order chi connectivity index (χ0) is 14.2. The van der Waals surface area contributed by atoms with Gasteiger partial charge in [0, 0.05) is 23.7 Å². The highest BCUT2D eigenvalue weighted by Crippen LogP contribution is 2.27. The zero-order valence-corrected chi connectivity index (χ0v) is 12.1. The van der Waals surface area contributed by atoms with E-state index >= 15 is 0 Å². The van der Waals surface area contributed by atoms with E-state index in [2.05, 4.69) is 0 Å². The molecule has 0 radical (unpaired) electrons. The second kappa shape index (κ2) is 5.36. The quantitative estimate of drug-likeness (QED) is 0.908. The molecule has 106 valence electrons. The maximum atomic E-state index is 13.8.